The Morgan fingerprint density at radius 3 is 2.24 bits per heavy atom. The summed E-state index contributed by atoms with van der Waals surface area (Å²) in [5.74, 6) is 1.15. The van der Waals surface area contributed by atoms with E-state index < -0.39 is 9.84 Å². The minimum Gasteiger partial charge on any atom is -0.349 e. The first-order valence-corrected chi connectivity index (χ1v) is 11.0. The Kier molecular flexibility index (Phi) is 6.67. The minimum atomic E-state index is -3.20. The molecule has 0 saturated carbocycles. The maximum absolute atomic E-state index is 12.1. The van der Waals surface area contributed by atoms with Gasteiger partial charge in [-0.15, -0.1) is 11.8 Å². The summed E-state index contributed by atoms with van der Waals surface area (Å²) in [6.07, 6.45) is 1.18. The van der Waals surface area contributed by atoms with Crippen molar-refractivity contribution in [3.63, 3.8) is 0 Å². The zero-order valence-electron chi connectivity index (χ0n) is 14.7. The first-order chi connectivity index (χ1) is 11.8. The van der Waals surface area contributed by atoms with E-state index >= 15 is 0 Å². The quantitative estimate of drug-likeness (QED) is 0.802. The number of thioether (sulfide) groups is 1. The van der Waals surface area contributed by atoms with Crippen LogP contribution in [0.3, 0.4) is 0 Å². The van der Waals surface area contributed by atoms with Crippen molar-refractivity contribution in [3.05, 3.63) is 65.2 Å². The van der Waals surface area contributed by atoms with Crippen LogP contribution < -0.4 is 5.32 Å². The molecule has 6 heteroatoms. The Morgan fingerprint density at radius 2 is 1.68 bits per heavy atom. The van der Waals surface area contributed by atoms with Gasteiger partial charge < -0.3 is 5.32 Å². The van der Waals surface area contributed by atoms with Crippen molar-refractivity contribution in [2.75, 3.05) is 12.0 Å². The third kappa shape index (κ3) is 6.21. The molecule has 0 heterocycles. The number of hydrogen-bond acceptors (Lipinski definition) is 4. The van der Waals surface area contributed by atoms with Crippen molar-refractivity contribution in [2.24, 2.45) is 0 Å². The Morgan fingerprint density at radius 1 is 1.08 bits per heavy atom. The molecule has 1 atom stereocenters. The maximum Gasteiger partial charge on any atom is 0.230 e. The summed E-state index contributed by atoms with van der Waals surface area (Å²) in [6.45, 7) is 3.94. The van der Waals surface area contributed by atoms with Gasteiger partial charge in [-0.1, -0.05) is 42.0 Å². The second-order valence-electron chi connectivity index (χ2n) is 6.11. The van der Waals surface area contributed by atoms with Gasteiger partial charge >= 0.3 is 0 Å². The summed E-state index contributed by atoms with van der Waals surface area (Å²) in [5.41, 5.74) is 3.30. The minimum absolute atomic E-state index is 0.0307. The van der Waals surface area contributed by atoms with Crippen LogP contribution in [-0.4, -0.2) is 26.3 Å². The number of benzene rings is 2. The Hall–Kier alpha value is -1.79. The summed E-state index contributed by atoms with van der Waals surface area (Å²) < 4.78 is 22.9. The molecule has 1 N–H and O–H groups in total. The molecule has 0 spiro atoms. The number of amides is 1. The standard InChI is InChI=1S/C19H23NO3S2/c1-14-4-6-16(7-5-14)12-24-13-19(21)20-15(2)17-8-10-18(11-9-17)25(3,22)23/h4-11,15H,12-13H2,1-3H3,(H,20,21)/t15-/m0/s1. The van der Waals surface area contributed by atoms with Gasteiger partial charge in [0.2, 0.25) is 5.91 Å². The molecular weight excluding hydrogens is 354 g/mol. The molecule has 2 aromatic rings. The van der Waals surface area contributed by atoms with Gasteiger partial charge in [0.05, 0.1) is 16.7 Å². The number of rotatable bonds is 7. The largest absolute Gasteiger partial charge is 0.349 e. The van der Waals surface area contributed by atoms with Crippen molar-refractivity contribution in [1.29, 1.82) is 0 Å². The Labute approximate surface area is 154 Å². The summed E-state index contributed by atoms with van der Waals surface area (Å²) in [7, 11) is -3.20. The molecule has 0 fully saturated rings. The first-order valence-electron chi connectivity index (χ1n) is 7.98. The zero-order valence-corrected chi connectivity index (χ0v) is 16.3. The molecule has 2 rings (SSSR count). The Balaban J connectivity index is 1.82. The highest BCUT2D eigenvalue weighted by atomic mass is 32.2. The summed E-state index contributed by atoms with van der Waals surface area (Å²) >= 11 is 1.57. The number of carbonyl (C=O) groups excluding carboxylic acids is 1. The van der Waals surface area contributed by atoms with E-state index in [1.165, 1.54) is 17.4 Å². The number of hydrogen-bond donors (Lipinski definition) is 1. The van der Waals surface area contributed by atoms with Crippen LogP contribution in [0.5, 0.6) is 0 Å². The van der Waals surface area contributed by atoms with Gasteiger partial charge in [-0.3, -0.25) is 4.79 Å². The van der Waals surface area contributed by atoms with Gasteiger partial charge in [0.1, 0.15) is 0 Å². The lowest BCUT2D eigenvalue weighted by atomic mass is 10.1. The van der Waals surface area contributed by atoms with Gasteiger partial charge in [0, 0.05) is 12.0 Å². The van der Waals surface area contributed by atoms with Crippen LogP contribution in [0.1, 0.15) is 29.7 Å². The fourth-order valence-electron chi connectivity index (χ4n) is 2.32. The highest BCUT2D eigenvalue weighted by molar-refractivity contribution is 7.99. The molecule has 2 aromatic carbocycles. The molecule has 0 saturated heterocycles. The molecule has 0 aromatic heterocycles. The molecule has 0 bridgehead atoms. The average molecular weight is 378 g/mol. The molecule has 134 valence electrons. The van der Waals surface area contributed by atoms with Crippen LogP contribution in [0, 0.1) is 6.92 Å². The molecule has 0 aliphatic rings. The molecule has 0 aliphatic carbocycles. The molecule has 1 amide bonds. The van der Waals surface area contributed by atoms with Gasteiger partial charge in [-0.05, 0) is 37.1 Å². The molecule has 0 radical (unpaired) electrons. The van der Waals surface area contributed by atoms with E-state index in [4.69, 9.17) is 0 Å². The lowest BCUT2D eigenvalue weighted by Gasteiger charge is -2.14. The average Bonchev–Trinajstić information content (AvgIpc) is 2.56. The highest BCUT2D eigenvalue weighted by Crippen LogP contribution is 2.17. The zero-order chi connectivity index (χ0) is 18.4. The van der Waals surface area contributed by atoms with Gasteiger partial charge in [-0.2, -0.15) is 0 Å². The third-order valence-electron chi connectivity index (χ3n) is 3.81. The van der Waals surface area contributed by atoms with Crippen molar-refractivity contribution in [3.8, 4) is 0 Å². The lowest BCUT2D eigenvalue weighted by Crippen LogP contribution is -2.28. The molecule has 25 heavy (non-hydrogen) atoms. The summed E-state index contributed by atoms with van der Waals surface area (Å²) in [6, 6.07) is 14.7. The SMILES string of the molecule is Cc1ccc(CSCC(=O)N[C@@H](C)c2ccc(S(C)(=O)=O)cc2)cc1. The van der Waals surface area contributed by atoms with E-state index in [9.17, 15) is 13.2 Å². The molecular formula is C19H23NO3S2. The fraction of sp³-hybridized carbons (Fsp3) is 0.316. The van der Waals surface area contributed by atoms with Crippen molar-refractivity contribution in [2.45, 2.75) is 30.5 Å². The van der Waals surface area contributed by atoms with E-state index in [0.717, 1.165) is 11.3 Å². The van der Waals surface area contributed by atoms with Gasteiger partial charge in [-0.25, -0.2) is 8.42 Å². The van der Waals surface area contributed by atoms with Crippen LogP contribution in [0.4, 0.5) is 0 Å². The van der Waals surface area contributed by atoms with E-state index in [0.29, 0.717) is 5.75 Å². The number of carbonyl (C=O) groups is 1. The summed E-state index contributed by atoms with van der Waals surface area (Å²) in [5, 5.41) is 2.94. The van der Waals surface area contributed by atoms with Crippen LogP contribution in [-0.2, 0) is 20.4 Å². The fourth-order valence-corrected chi connectivity index (χ4v) is 3.75. The number of nitrogens with one attached hydrogen (secondary N) is 1. The predicted octanol–water partition coefficient (Wildman–Crippen LogP) is 3.51. The van der Waals surface area contributed by atoms with Gasteiger partial charge in [0.25, 0.3) is 0 Å². The van der Waals surface area contributed by atoms with E-state index in [1.807, 2.05) is 13.8 Å². The van der Waals surface area contributed by atoms with E-state index in [2.05, 4.69) is 29.6 Å². The van der Waals surface area contributed by atoms with Crippen LogP contribution in [0.2, 0.25) is 0 Å². The Bertz CT molecular complexity index is 813. The van der Waals surface area contributed by atoms with Gasteiger partial charge in [0.15, 0.2) is 9.84 Å². The highest BCUT2D eigenvalue weighted by Gasteiger charge is 2.12. The normalized spacial score (nSPS) is 12.6. The number of aryl methyl sites for hydroxylation is 1. The topological polar surface area (TPSA) is 63.2 Å². The van der Waals surface area contributed by atoms with Crippen molar-refractivity contribution in [1.82, 2.24) is 5.32 Å². The maximum atomic E-state index is 12.1. The predicted molar refractivity (Wildman–Crippen MR) is 103 cm³/mol. The lowest BCUT2D eigenvalue weighted by molar-refractivity contribution is -0.119. The number of sulfone groups is 1. The van der Waals surface area contributed by atoms with Crippen LogP contribution in [0.15, 0.2) is 53.4 Å². The molecule has 0 unspecified atom stereocenters. The monoisotopic (exact) mass is 377 g/mol. The molecule has 4 nitrogen and oxygen atoms in total. The summed E-state index contributed by atoms with van der Waals surface area (Å²) in [4.78, 5) is 12.4. The van der Waals surface area contributed by atoms with E-state index in [-0.39, 0.29) is 16.8 Å². The van der Waals surface area contributed by atoms with E-state index in [1.54, 1.807) is 36.0 Å². The van der Waals surface area contributed by atoms with Crippen molar-refractivity contribution < 1.29 is 13.2 Å². The smallest absolute Gasteiger partial charge is 0.230 e. The second-order valence-corrected chi connectivity index (χ2v) is 9.11. The second kappa shape index (κ2) is 8.54. The van der Waals surface area contributed by atoms with Crippen molar-refractivity contribution >= 4 is 27.5 Å². The first kappa shape index (κ1) is 19.5. The molecule has 0 aliphatic heterocycles. The third-order valence-corrected chi connectivity index (χ3v) is 5.94. The van der Waals surface area contributed by atoms with Crippen LogP contribution in [0.25, 0.3) is 0 Å². The van der Waals surface area contributed by atoms with Crippen LogP contribution >= 0.6 is 11.8 Å².